The Morgan fingerprint density at radius 2 is 2.35 bits per heavy atom. The Morgan fingerprint density at radius 1 is 1.61 bits per heavy atom. The Bertz CT molecular complexity index is 927. The summed E-state index contributed by atoms with van der Waals surface area (Å²) in [5, 5.41) is -2.42. The molecule has 1 atom stereocenters. The number of carbonyl (C=O) groups is 1. The normalized spacial score (nSPS) is 21.7. The van der Waals surface area contributed by atoms with Crippen LogP contribution in [0.15, 0.2) is 29.8 Å². The van der Waals surface area contributed by atoms with Crippen molar-refractivity contribution < 1.29 is 29.2 Å². The molecular weight excluding hydrogens is 345 g/mol. The van der Waals surface area contributed by atoms with E-state index in [1.807, 2.05) is 0 Å². The number of hydrogen-bond acceptors (Lipinski definition) is 4. The van der Waals surface area contributed by atoms with E-state index in [1.54, 1.807) is 0 Å². The summed E-state index contributed by atoms with van der Waals surface area (Å²) in [6.07, 6.45) is 0.340. The van der Waals surface area contributed by atoms with E-state index in [1.165, 1.54) is 6.92 Å². The fourth-order valence-electron chi connectivity index (χ4n) is 2.09. The van der Waals surface area contributed by atoms with Gasteiger partial charge in [-0.25, -0.2) is 17.6 Å². The average Bonchev–Trinajstić information content (AvgIpc) is 2.64. The van der Waals surface area contributed by atoms with Crippen LogP contribution in [0.25, 0.3) is 0 Å². The number of carbonyl (C=O) groups excluding carboxylic acids is 1. The molecule has 0 fully saturated rings. The summed E-state index contributed by atoms with van der Waals surface area (Å²) >= 11 is 5.80. The van der Waals surface area contributed by atoms with Crippen LogP contribution in [0.1, 0.15) is 31.7 Å². The molecule has 0 saturated heterocycles. The zero-order valence-electron chi connectivity index (χ0n) is 17.2. The molecule has 0 bridgehead atoms. The topological polar surface area (TPSA) is 72.5 Å². The lowest BCUT2D eigenvalue weighted by atomic mass is 9.99. The Balaban J connectivity index is 2.61. The second kappa shape index (κ2) is 7.31. The molecule has 0 aromatic heterocycles. The van der Waals surface area contributed by atoms with Crippen molar-refractivity contribution in [2.75, 3.05) is 11.3 Å². The minimum atomic E-state index is -4.72. The molecule has 0 spiro atoms. The molecule has 5 nitrogen and oxygen atoms in total. The zero-order chi connectivity index (χ0) is 21.4. The highest BCUT2D eigenvalue weighted by Crippen LogP contribution is 2.30. The number of halogens is 2. The number of hydrogen-bond donors (Lipinski definition) is 1. The van der Waals surface area contributed by atoms with Gasteiger partial charge in [0, 0.05) is 0 Å². The van der Waals surface area contributed by atoms with Crippen LogP contribution >= 0.6 is 11.6 Å². The van der Waals surface area contributed by atoms with Gasteiger partial charge in [-0.15, -0.1) is 0 Å². The number of nitrogens with one attached hydrogen (secondary N) is 1. The number of benzene rings is 1. The number of sulfonamides is 1. The number of anilines is 1. The van der Waals surface area contributed by atoms with Gasteiger partial charge in [0.25, 0.3) is 0 Å². The smallest absolute Gasteiger partial charge is 0.335 e. The minimum Gasteiger partial charge on any atom is -0.463 e. The van der Waals surface area contributed by atoms with Gasteiger partial charge in [0.2, 0.25) is 10.0 Å². The molecule has 0 heterocycles. The maximum Gasteiger partial charge on any atom is 0.335 e. The van der Waals surface area contributed by atoms with Crippen LogP contribution in [0.2, 0.25) is 6.43 Å². The van der Waals surface area contributed by atoms with Crippen LogP contribution in [0.4, 0.5) is 10.1 Å². The molecule has 1 aliphatic rings. The Labute approximate surface area is 146 Å². The fraction of sp³-hybridized carbons (Fsp3) is 0.400. The minimum absolute atomic E-state index is 0.0436. The highest BCUT2D eigenvalue weighted by atomic mass is 35.5. The first-order valence-electron chi connectivity index (χ1n) is 9.25. The van der Waals surface area contributed by atoms with Crippen molar-refractivity contribution >= 4 is 33.3 Å². The maximum absolute atomic E-state index is 13.7. The van der Waals surface area contributed by atoms with E-state index in [4.69, 9.17) is 23.2 Å². The molecule has 0 amide bonds. The van der Waals surface area contributed by atoms with Crippen molar-refractivity contribution in [2.24, 2.45) is 0 Å². The van der Waals surface area contributed by atoms with E-state index in [0.717, 1.165) is 0 Å². The standard InChI is InChI=1S/C15H17ClFNO4S/c1-2-22-15(19)11-5-3-4-6-14(11)23(20,21)18-13-8-7-10(17)9-12(13)16/h5,7-9,14,18H,2-4,6H2,1H3/t14-/m1/s1/i5D,7D,8D,9D/hD. The van der Waals surface area contributed by atoms with Crippen LogP contribution in [0.3, 0.4) is 0 Å². The zero-order valence-corrected chi connectivity index (χ0v) is 13.7. The quantitative estimate of drug-likeness (QED) is 0.812. The third-order valence-electron chi connectivity index (χ3n) is 3.07. The van der Waals surface area contributed by atoms with Crippen molar-refractivity contribution in [3.8, 4) is 0 Å². The van der Waals surface area contributed by atoms with Gasteiger partial charge in [-0.3, -0.25) is 4.72 Å². The summed E-state index contributed by atoms with van der Waals surface area (Å²) in [6, 6.07) is -3.31. The lowest BCUT2D eigenvalue weighted by Crippen LogP contribution is -2.34. The molecule has 2 rings (SSSR count). The summed E-state index contributed by atoms with van der Waals surface area (Å²) in [5.41, 5.74) is -1.27. The fourth-order valence-corrected chi connectivity index (χ4v) is 3.77. The number of rotatable bonds is 5. The SMILES string of the molecule is [2H]C1=C(C(=O)OCC)[C@H](S(=O)(=O)N([2H])c2c([2H])c([2H])c(F)c([2H])c2Cl)CCC1. The second-order valence-corrected chi connectivity index (χ2v) is 6.81. The molecule has 0 saturated carbocycles. The number of allylic oxidation sites excluding steroid dienone is 1. The summed E-state index contributed by atoms with van der Waals surface area (Å²) in [7, 11) is -4.72. The maximum atomic E-state index is 13.7. The first-order valence-corrected chi connectivity index (χ1v) is 8.69. The lowest BCUT2D eigenvalue weighted by Gasteiger charge is -2.24. The average molecular weight is 367 g/mol. The molecule has 0 aliphatic heterocycles. The molecule has 1 N–H and O–H groups in total. The van der Waals surface area contributed by atoms with Crippen LogP contribution < -0.4 is 4.72 Å². The van der Waals surface area contributed by atoms with E-state index >= 15 is 0 Å². The molecule has 1 aromatic rings. The van der Waals surface area contributed by atoms with Gasteiger partial charge in [-0.05, 0) is 44.3 Å². The second-order valence-electron chi connectivity index (χ2n) is 4.65. The third-order valence-corrected chi connectivity index (χ3v) is 4.97. The van der Waals surface area contributed by atoms with Crippen LogP contribution in [0, 0.1) is 5.82 Å². The summed E-state index contributed by atoms with van der Waals surface area (Å²) < 4.78 is 83.2. The molecule has 8 heteroatoms. The van der Waals surface area contributed by atoms with Gasteiger partial charge in [-0.2, -0.15) is 0 Å². The summed E-state index contributed by atoms with van der Waals surface area (Å²) in [5.74, 6) is -2.41. The van der Waals surface area contributed by atoms with Crippen molar-refractivity contribution in [3.63, 3.8) is 0 Å². The Morgan fingerprint density at radius 3 is 3.04 bits per heavy atom. The molecule has 126 valence electrons. The van der Waals surface area contributed by atoms with Crippen molar-refractivity contribution in [3.05, 3.63) is 40.6 Å². The summed E-state index contributed by atoms with van der Waals surface area (Å²) in [6.45, 7) is 1.47. The molecule has 1 aliphatic carbocycles. The van der Waals surface area contributed by atoms with Crippen LogP contribution in [-0.4, -0.2) is 26.2 Å². The monoisotopic (exact) mass is 366 g/mol. The molecule has 0 radical (unpaired) electrons. The van der Waals surface area contributed by atoms with Gasteiger partial charge in [0.05, 0.1) is 28.4 Å². The predicted molar refractivity (Wildman–Crippen MR) is 86.3 cm³/mol. The van der Waals surface area contributed by atoms with Crippen molar-refractivity contribution in [2.45, 2.75) is 31.4 Å². The lowest BCUT2D eigenvalue weighted by molar-refractivity contribution is -0.138. The first kappa shape index (κ1) is 11.9. The highest BCUT2D eigenvalue weighted by Gasteiger charge is 2.35. The molecule has 0 unspecified atom stereocenters. The Kier molecular flexibility index (Phi) is 3.77. The predicted octanol–water partition coefficient (Wildman–Crippen LogP) is 3.26. The van der Waals surface area contributed by atoms with Crippen molar-refractivity contribution in [1.82, 2.24) is 0 Å². The Hall–Kier alpha value is -1.60. The largest absolute Gasteiger partial charge is 0.463 e. The van der Waals surface area contributed by atoms with Gasteiger partial charge < -0.3 is 4.74 Å². The van der Waals surface area contributed by atoms with E-state index in [9.17, 15) is 17.6 Å². The molecular formula is C15H17ClFNO4S. The number of esters is 1. The van der Waals surface area contributed by atoms with Gasteiger partial charge >= 0.3 is 5.97 Å². The third kappa shape index (κ3) is 4.23. The van der Waals surface area contributed by atoms with E-state index in [-0.39, 0.29) is 36.6 Å². The van der Waals surface area contributed by atoms with E-state index in [0.29, 0.717) is 0 Å². The van der Waals surface area contributed by atoms with E-state index < -0.39 is 61.5 Å². The van der Waals surface area contributed by atoms with Gasteiger partial charge in [0.15, 0.2) is 1.41 Å². The van der Waals surface area contributed by atoms with Crippen molar-refractivity contribution in [1.29, 1.82) is 0 Å². The van der Waals surface area contributed by atoms with E-state index in [2.05, 4.69) is 0 Å². The van der Waals surface area contributed by atoms with Gasteiger partial charge in [-0.1, -0.05) is 17.7 Å². The molecule has 23 heavy (non-hydrogen) atoms. The highest BCUT2D eigenvalue weighted by molar-refractivity contribution is 7.93. The summed E-state index contributed by atoms with van der Waals surface area (Å²) in [4.78, 5) is 12.2. The molecule has 1 aromatic carbocycles. The van der Waals surface area contributed by atoms with Gasteiger partial charge in [0.1, 0.15) is 11.1 Å². The number of ether oxygens (including phenoxy) is 1. The van der Waals surface area contributed by atoms with Crippen LogP contribution in [-0.2, 0) is 19.6 Å². The van der Waals surface area contributed by atoms with Crippen LogP contribution in [0.5, 0.6) is 0 Å². The first-order chi connectivity index (χ1) is 13.0.